The second kappa shape index (κ2) is 6.24. The number of carboxylic acid groups (broad SMARTS) is 1. The minimum Gasteiger partial charge on any atom is -0.478 e. The van der Waals surface area contributed by atoms with Crippen LogP contribution < -0.4 is 5.32 Å². The van der Waals surface area contributed by atoms with Crippen LogP contribution in [-0.2, 0) is 0 Å². The number of aryl methyl sites for hydroxylation is 1. The Labute approximate surface area is 124 Å². The normalized spacial score (nSPS) is 25.4. The molecule has 5 heteroatoms. The van der Waals surface area contributed by atoms with Crippen LogP contribution in [0.1, 0.15) is 59.7 Å². The standard InChI is InChI=1S/C16H22N2O3/c1-9-5-4-6-13(10(9)2)18-15(19)14-8-7-12(16(20)21)11(3)17-14/h7-10,13H,4-6H2,1-3H3,(H,18,19)(H,20,21). The van der Waals surface area contributed by atoms with E-state index in [1.165, 1.54) is 18.6 Å². The number of carboxylic acids is 1. The lowest BCUT2D eigenvalue weighted by Crippen LogP contribution is -2.44. The van der Waals surface area contributed by atoms with E-state index >= 15 is 0 Å². The molecule has 3 unspecified atom stereocenters. The molecule has 1 aliphatic carbocycles. The fraction of sp³-hybridized carbons (Fsp3) is 0.562. The summed E-state index contributed by atoms with van der Waals surface area (Å²) in [7, 11) is 0. The summed E-state index contributed by atoms with van der Waals surface area (Å²) < 4.78 is 0. The summed E-state index contributed by atoms with van der Waals surface area (Å²) in [6.07, 6.45) is 3.32. The van der Waals surface area contributed by atoms with Crippen molar-refractivity contribution < 1.29 is 14.7 Å². The molecule has 0 bridgehead atoms. The molecule has 2 N–H and O–H groups in total. The Morgan fingerprint density at radius 2 is 2.00 bits per heavy atom. The van der Waals surface area contributed by atoms with Crippen LogP contribution in [-0.4, -0.2) is 28.0 Å². The van der Waals surface area contributed by atoms with Crippen LogP contribution in [0.4, 0.5) is 0 Å². The maximum absolute atomic E-state index is 12.3. The van der Waals surface area contributed by atoms with Crippen molar-refractivity contribution in [3.05, 3.63) is 29.1 Å². The molecule has 0 saturated heterocycles. The molecule has 1 aromatic rings. The minimum absolute atomic E-state index is 0.131. The minimum atomic E-state index is -1.03. The van der Waals surface area contributed by atoms with Crippen molar-refractivity contribution >= 4 is 11.9 Å². The number of nitrogens with one attached hydrogen (secondary N) is 1. The van der Waals surface area contributed by atoms with Gasteiger partial charge in [-0.3, -0.25) is 4.79 Å². The number of hydrogen-bond donors (Lipinski definition) is 2. The third-order valence-corrected chi connectivity index (χ3v) is 4.57. The van der Waals surface area contributed by atoms with Gasteiger partial charge in [0.15, 0.2) is 0 Å². The molecule has 5 nitrogen and oxygen atoms in total. The number of amides is 1. The second-order valence-corrected chi connectivity index (χ2v) is 5.98. The molecule has 3 atom stereocenters. The summed E-state index contributed by atoms with van der Waals surface area (Å²) >= 11 is 0. The van der Waals surface area contributed by atoms with Gasteiger partial charge in [0, 0.05) is 6.04 Å². The first-order valence-electron chi connectivity index (χ1n) is 7.42. The van der Waals surface area contributed by atoms with Gasteiger partial charge in [-0.2, -0.15) is 0 Å². The summed E-state index contributed by atoms with van der Waals surface area (Å²) in [4.78, 5) is 27.3. The predicted octanol–water partition coefficient (Wildman–Crippen LogP) is 2.64. The van der Waals surface area contributed by atoms with E-state index in [-0.39, 0.29) is 23.2 Å². The number of aromatic nitrogens is 1. The Morgan fingerprint density at radius 1 is 1.29 bits per heavy atom. The topological polar surface area (TPSA) is 79.3 Å². The van der Waals surface area contributed by atoms with E-state index in [2.05, 4.69) is 24.1 Å². The number of aromatic carboxylic acids is 1. The van der Waals surface area contributed by atoms with Gasteiger partial charge in [0.1, 0.15) is 5.69 Å². The lowest BCUT2D eigenvalue weighted by Gasteiger charge is -2.34. The molecule has 0 aromatic carbocycles. The molecule has 21 heavy (non-hydrogen) atoms. The molecule has 0 aliphatic heterocycles. The Morgan fingerprint density at radius 3 is 2.62 bits per heavy atom. The molecule has 0 radical (unpaired) electrons. The highest BCUT2D eigenvalue weighted by molar-refractivity contribution is 5.94. The van der Waals surface area contributed by atoms with Crippen LogP contribution in [0.3, 0.4) is 0 Å². The number of hydrogen-bond acceptors (Lipinski definition) is 3. The Bertz CT molecular complexity index is 556. The zero-order valence-corrected chi connectivity index (χ0v) is 12.7. The van der Waals surface area contributed by atoms with Crippen molar-refractivity contribution in [1.82, 2.24) is 10.3 Å². The van der Waals surface area contributed by atoms with Gasteiger partial charge in [0.2, 0.25) is 0 Å². The number of carbonyl (C=O) groups excluding carboxylic acids is 1. The third kappa shape index (κ3) is 3.40. The van der Waals surface area contributed by atoms with Gasteiger partial charge in [-0.15, -0.1) is 0 Å². The summed E-state index contributed by atoms with van der Waals surface area (Å²) in [5, 5.41) is 12.0. The summed E-state index contributed by atoms with van der Waals surface area (Å²) in [5.41, 5.74) is 0.773. The smallest absolute Gasteiger partial charge is 0.337 e. The summed E-state index contributed by atoms with van der Waals surface area (Å²) in [6, 6.07) is 3.08. The third-order valence-electron chi connectivity index (χ3n) is 4.57. The van der Waals surface area contributed by atoms with Crippen LogP contribution in [0, 0.1) is 18.8 Å². The molecule has 2 rings (SSSR count). The zero-order valence-electron chi connectivity index (χ0n) is 12.7. The van der Waals surface area contributed by atoms with Gasteiger partial charge in [-0.25, -0.2) is 9.78 Å². The largest absolute Gasteiger partial charge is 0.478 e. The first-order valence-corrected chi connectivity index (χ1v) is 7.42. The van der Waals surface area contributed by atoms with E-state index in [0.717, 1.165) is 12.8 Å². The average Bonchev–Trinajstić information content (AvgIpc) is 2.43. The zero-order chi connectivity index (χ0) is 15.6. The van der Waals surface area contributed by atoms with E-state index in [4.69, 9.17) is 5.11 Å². The van der Waals surface area contributed by atoms with Crippen molar-refractivity contribution in [3.8, 4) is 0 Å². The van der Waals surface area contributed by atoms with Crippen LogP contribution in [0.25, 0.3) is 0 Å². The fourth-order valence-corrected chi connectivity index (χ4v) is 2.94. The van der Waals surface area contributed by atoms with E-state index in [1.807, 2.05) is 0 Å². The lowest BCUT2D eigenvalue weighted by molar-refractivity contribution is 0.0694. The lowest BCUT2D eigenvalue weighted by atomic mass is 9.78. The van der Waals surface area contributed by atoms with Gasteiger partial charge < -0.3 is 10.4 Å². The molecular formula is C16H22N2O3. The molecule has 1 aromatic heterocycles. The fourth-order valence-electron chi connectivity index (χ4n) is 2.94. The molecule has 0 spiro atoms. The van der Waals surface area contributed by atoms with E-state index in [1.54, 1.807) is 6.92 Å². The maximum atomic E-state index is 12.3. The van der Waals surface area contributed by atoms with Gasteiger partial charge in [0.25, 0.3) is 5.91 Å². The van der Waals surface area contributed by atoms with E-state index < -0.39 is 5.97 Å². The van der Waals surface area contributed by atoms with Crippen LogP contribution >= 0.6 is 0 Å². The highest BCUT2D eigenvalue weighted by Gasteiger charge is 2.28. The summed E-state index contributed by atoms with van der Waals surface area (Å²) in [5.74, 6) is -0.196. The van der Waals surface area contributed by atoms with Crippen LogP contribution in [0.15, 0.2) is 12.1 Å². The monoisotopic (exact) mass is 290 g/mol. The molecule has 114 valence electrons. The van der Waals surface area contributed by atoms with Crippen molar-refractivity contribution in [2.24, 2.45) is 11.8 Å². The van der Waals surface area contributed by atoms with Crippen molar-refractivity contribution in [2.45, 2.75) is 46.1 Å². The first kappa shape index (κ1) is 15.5. The van der Waals surface area contributed by atoms with Crippen molar-refractivity contribution in [3.63, 3.8) is 0 Å². The number of pyridine rings is 1. The Balaban J connectivity index is 2.10. The average molecular weight is 290 g/mol. The van der Waals surface area contributed by atoms with Gasteiger partial charge in [-0.05, 0) is 37.3 Å². The van der Waals surface area contributed by atoms with Gasteiger partial charge in [0.05, 0.1) is 11.3 Å². The number of carbonyl (C=O) groups is 2. The quantitative estimate of drug-likeness (QED) is 0.897. The molecule has 1 fully saturated rings. The molecule has 1 amide bonds. The van der Waals surface area contributed by atoms with Gasteiger partial charge in [-0.1, -0.05) is 26.7 Å². The van der Waals surface area contributed by atoms with Crippen molar-refractivity contribution in [1.29, 1.82) is 0 Å². The molecule has 1 aliphatic rings. The predicted molar refractivity (Wildman–Crippen MR) is 79.4 cm³/mol. The first-order chi connectivity index (χ1) is 9.90. The number of nitrogens with zero attached hydrogens (tertiary/aromatic N) is 1. The molecular weight excluding hydrogens is 268 g/mol. The van der Waals surface area contributed by atoms with Gasteiger partial charge >= 0.3 is 5.97 Å². The summed E-state index contributed by atoms with van der Waals surface area (Å²) in [6.45, 7) is 5.99. The molecule has 1 saturated carbocycles. The SMILES string of the molecule is Cc1nc(C(=O)NC2CCCC(C)C2C)ccc1C(=O)O. The van der Waals surface area contributed by atoms with E-state index in [0.29, 0.717) is 17.5 Å². The van der Waals surface area contributed by atoms with Crippen molar-refractivity contribution in [2.75, 3.05) is 0 Å². The number of rotatable bonds is 3. The maximum Gasteiger partial charge on any atom is 0.337 e. The van der Waals surface area contributed by atoms with Crippen LogP contribution in [0.2, 0.25) is 0 Å². The Hall–Kier alpha value is -1.91. The second-order valence-electron chi connectivity index (χ2n) is 5.98. The van der Waals surface area contributed by atoms with E-state index in [9.17, 15) is 9.59 Å². The van der Waals surface area contributed by atoms with Crippen LogP contribution in [0.5, 0.6) is 0 Å². The highest BCUT2D eigenvalue weighted by atomic mass is 16.4. The highest BCUT2D eigenvalue weighted by Crippen LogP contribution is 2.29. The Kier molecular flexibility index (Phi) is 4.60. The molecule has 1 heterocycles.